The lowest BCUT2D eigenvalue weighted by molar-refractivity contribution is 0.293. The lowest BCUT2D eigenvalue weighted by Gasteiger charge is -2.19. The Labute approximate surface area is 186 Å². The number of nitrogens with one attached hydrogen (secondary N) is 1. The first kappa shape index (κ1) is 23.2. The smallest absolute Gasteiger partial charge is 0.244 e. The molecular weight excluding hydrogens is 408 g/mol. The van der Waals surface area contributed by atoms with Gasteiger partial charge in [0.05, 0.1) is 11.9 Å². The average molecular weight is 441 g/mol. The van der Waals surface area contributed by atoms with Crippen LogP contribution in [-0.2, 0) is 10.0 Å². The van der Waals surface area contributed by atoms with Crippen molar-refractivity contribution < 1.29 is 8.42 Å². The predicted molar refractivity (Wildman–Crippen MR) is 126 cm³/mol. The maximum Gasteiger partial charge on any atom is 0.244 e. The normalized spacial score (nSPS) is 12.9. The van der Waals surface area contributed by atoms with Gasteiger partial charge in [-0.1, -0.05) is 62.4 Å². The molecule has 2 aromatic carbocycles. The van der Waals surface area contributed by atoms with Crippen LogP contribution in [0.25, 0.3) is 16.9 Å². The van der Waals surface area contributed by atoms with Crippen LogP contribution >= 0.6 is 0 Å². The maximum absolute atomic E-state index is 13.3. The van der Waals surface area contributed by atoms with Crippen molar-refractivity contribution >= 4 is 10.0 Å². The van der Waals surface area contributed by atoms with Gasteiger partial charge < -0.3 is 4.90 Å². The third kappa shape index (κ3) is 6.03. The number of benzene rings is 2. The number of rotatable bonds is 11. The van der Waals surface area contributed by atoms with E-state index in [0.29, 0.717) is 5.69 Å². The van der Waals surface area contributed by atoms with Crippen molar-refractivity contribution in [3.63, 3.8) is 0 Å². The minimum absolute atomic E-state index is 0.163. The monoisotopic (exact) mass is 440 g/mol. The summed E-state index contributed by atoms with van der Waals surface area (Å²) in [4.78, 5) is 2.54. The Morgan fingerprint density at radius 1 is 1.00 bits per heavy atom. The molecule has 0 radical (unpaired) electrons. The Morgan fingerprint density at radius 3 is 2.23 bits per heavy atom. The molecule has 166 valence electrons. The highest BCUT2D eigenvalue weighted by molar-refractivity contribution is 7.89. The molecule has 1 atom stereocenters. The van der Waals surface area contributed by atoms with Gasteiger partial charge in [0.25, 0.3) is 0 Å². The second-order valence-electron chi connectivity index (χ2n) is 7.68. The van der Waals surface area contributed by atoms with Gasteiger partial charge in [0, 0.05) is 11.6 Å². The summed E-state index contributed by atoms with van der Waals surface area (Å²) >= 11 is 0. The van der Waals surface area contributed by atoms with Crippen molar-refractivity contribution in [3.8, 4) is 16.9 Å². The number of hydrogen-bond donors (Lipinski definition) is 1. The van der Waals surface area contributed by atoms with Crippen LogP contribution in [0.1, 0.15) is 33.6 Å². The van der Waals surface area contributed by atoms with Gasteiger partial charge in [-0.05, 0) is 51.5 Å². The van der Waals surface area contributed by atoms with E-state index in [9.17, 15) is 8.42 Å². The minimum Gasteiger partial charge on any atom is -0.304 e. The molecule has 0 aliphatic carbocycles. The van der Waals surface area contributed by atoms with Crippen LogP contribution in [-0.4, -0.2) is 48.8 Å². The molecule has 1 heterocycles. The third-order valence-corrected chi connectivity index (χ3v) is 6.99. The van der Waals surface area contributed by atoms with Gasteiger partial charge >= 0.3 is 0 Å². The second kappa shape index (κ2) is 10.7. The molecule has 0 fully saturated rings. The molecule has 0 aliphatic rings. The molecule has 0 saturated carbocycles. The van der Waals surface area contributed by atoms with Crippen LogP contribution in [0.5, 0.6) is 0 Å². The fourth-order valence-electron chi connectivity index (χ4n) is 3.61. The zero-order valence-corrected chi connectivity index (χ0v) is 19.3. The fourth-order valence-corrected chi connectivity index (χ4v) is 5.04. The van der Waals surface area contributed by atoms with Gasteiger partial charge in [-0.15, -0.1) is 0 Å². The summed E-state index contributed by atoms with van der Waals surface area (Å²) in [5.74, 6) is 0. The number of hydrogen-bond acceptors (Lipinski definition) is 4. The summed E-state index contributed by atoms with van der Waals surface area (Å²) in [6.45, 7) is 9.20. The minimum atomic E-state index is -3.73. The summed E-state index contributed by atoms with van der Waals surface area (Å²) in [6.07, 6.45) is 3.33. The highest BCUT2D eigenvalue weighted by atomic mass is 32.2. The number of aromatic nitrogens is 2. The summed E-state index contributed by atoms with van der Waals surface area (Å²) in [5, 5.41) is 4.62. The first-order valence-electron chi connectivity index (χ1n) is 10.9. The lowest BCUT2D eigenvalue weighted by atomic mass is 10.2. The summed E-state index contributed by atoms with van der Waals surface area (Å²) < 4.78 is 31.1. The van der Waals surface area contributed by atoms with Gasteiger partial charge in [0.2, 0.25) is 10.0 Å². The summed E-state index contributed by atoms with van der Waals surface area (Å²) in [7, 11) is -3.73. The summed E-state index contributed by atoms with van der Waals surface area (Å²) in [5.41, 5.74) is 2.03. The van der Waals surface area contributed by atoms with Gasteiger partial charge in [-0.3, -0.25) is 0 Å². The van der Waals surface area contributed by atoms with Gasteiger partial charge in [-0.2, -0.15) is 5.10 Å². The van der Waals surface area contributed by atoms with Crippen LogP contribution in [0.2, 0.25) is 0 Å². The molecule has 31 heavy (non-hydrogen) atoms. The average Bonchev–Trinajstić information content (AvgIpc) is 3.24. The Hall–Kier alpha value is -2.48. The van der Waals surface area contributed by atoms with Crippen LogP contribution in [0, 0.1) is 0 Å². The van der Waals surface area contributed by atoms with E-state index in [1.165, 1.54) is 0 Å². The van der Waals surface area contributed by atoms with Crippen LogP contribution in [0.15, 0.2) is 71.8 Å². The standard InChI is InChI=1S/C24H32N4O2S/c1-4-27(5-2)18-12-13-20(3)26-31(29,30)23-19-28(22-16-10-7-11-17-22)25-24(23)21-14-8-6-9-15-21/h6-11,14-17,19-20,26H,4-5,12-13,18H2,1-3H3. The SMILES string of the molecule is CCN(CC)CCCC(C)NS(=O)(=O)c1cn(-c2ccccc2)nc1-c1ccccc1. The molecule has 0 spiro atoms. The molecule has 1 N–H and O–H groups in total. The van der Waals surface area contributed by atoms with E-state index in [0.717, 1.165) is 43.7 Å². The van der Waals surface area contributed by atoms with Gasteiger partial charge in [0.15, 0.2) is 0 Å². The first-order valence-corrected chi connectivity index (χ1v) is 12.4. The van der Waals surface area contributed by atoms with Crippen molar-refractivity contribution in [2.24, 2.45) is 0 Å². The molecule has 3 aromatic rings. The molecule has 0 amide bonds. The molecule has 0 aliphatic heterocycles. The van der Waals surface area contributed by atoms with E-state index in [2.05, 4.69) is 28.6 Å². The van der Waals surface area contributed by atoms with E-state index >= 15 is 0 Å². The molecule has 1 aromatic heterocycles. The Bertz CT molecular complexity index is 1050. The summed E-state index contributed by atoms with van der Waals surface area (Å²) in [6, 6.07) is 18.8. The highest BCUT2D eigenvalue weighted by Gasteiger charge is 2.25. The number of sulfonamides is 1. The predicted octanol–water partition coefficient (Wildman–Crippen LogP) is 4.33. The Morgan fingerprint density at radius 2 is 1.61 bits per heavy atom. The maximum atomic E-state index is 13.3. The van der Waals surface area contributed by atoms with Crippen molar-refractivity contribution in [2.45, 2.75) is 44.6 Å². The molecule has 0 bridgehead atoms. The van der Waals surface area contributed by atoms with E-state index in [-0.39, 0.29) is 10.9 Å². The first-order chi connectivity index (χ1) is 14.9. The number of nitrogens with zero attached hydrogens (tertiary/aromatic N) is 3. The topological polar surface area (TPSA) is 67.2 Å². The lowest BCUT2D eigenvalue weighted by Crippen LogP contribution is -2.33. The van der Waals surface area contributed by atoms with Crippen LogP contribution in [0.4, 0.5) is 0 Å². The Kier molecular flexibility index (Phi) is 8.01. The van der Waals surface area contributed by atoms with E-state index < -0.39 is 10.0 Å². The van der Waals surface area contributed by atoms with E-state index in [4.69, 9.17) is 0 Å². The highest BCUT2D eigenvalue weighted by Crippen LogP contribution is 2.27. The van der Waals surface area contributed by atoms with E-state index in [1.54, 1.807) is 10.9 Å². The van der Waals surface area contributed by atoms with Crippen molar-refractivity contribution in [1.82, 2.24) is 19.4 Å². The quantitative estimate of drug-likeness (QED) is 0.482. The van der Waals surface area contributed by atoms with Gasteiger partial charge in [-0.25, -0.2) is 17.8 Å². The fraction of sp³-hybridized carbons (Fsp3) is 0.375. The Balaban J connectivity index is 1.84. The second-order valence-corrected chi connectivity index (χ2v) is 9.36. The van der Waals surface area contributed by atoms with Crippen LogP contribution in [0.3, 0.4) is 0 Å². The number of para-hydroxylation sites is 1. The zero-order chi connectivity index (χ0) is 22.3. The molecule has 3 rings (SSSR count). The van der Waals surface area contributed by atoms with Crippen molar-refractivity contribution in [2.75, 3.05) is 19.6 Å². The van der Waals surface area contributed by atoms with Crippen LogP contribution < -0.4 is 4.72 Å². The zero-order valence-electron chi connectivity index (χ0n) is 18.5. The molecule has 7 heteroatoms. The van der Waals surface area contributed by atoms with Gasteiger partial charge in [0.1, 0.15) is 10.6 Å². The van der Waals surface area contributed by atoms with Crippen molar-refractivity contribution in [3.05, 3.63) is 66.9 Å². The third-order valence-electron chi connectivity index (χ3n) is 5.40. The van der Waals surface area contributed by atoms with E-state index in [1.807, 2.05) is 67.6 Å². The molecule has 0 saturated heterocycles. The largest absolute Gasteiger partial charge is 0.304 e. The molecular formula is C24H32N4O2S. The molecule has 6 nitrogen and oxygen atoms in total. The van der Waals surface area contributed by atoms with Crippen molar-refractivity contribution in [1.29, 1.82) is 0 Å². The molecule has 1 unspecified atom stereocenters.